The van der Waals surface area contributed by atoms with E-state index < -0.39 is 16.6 Å². The summed E-state index contributed by atoms with van der Waals surface area (Å²) in [6.45, 7) is 9.12. The number of nitrogens with zero attached hydrogens (tertiary/aromatic N) is 2. The van der Waals surface area contributed by atoms with Crippen LogP contribution in [0.4, 0.5) is 0 Å². The fraction of sp³-hybridized carbons (Fsp3) is 0.118. The molecule has 0 bridgehead atoms. The number of hydrogen-bond acceptors (Lipinski definition) is 5. The SMILES string of the molecule is C[Si](C)(O[Si](C)(C)c1ccc(C=Cc2nc3ccccc3o2)cc1)c1ccc(C=Cc2nc3ccccc3o2)cc1. The predicted octanol–water partition coefficient (Wildman–Crippen LogP) is 7.85. The van der Waals surface area contributed by atoms with Crippen molar-refractivity contribution in [2.75, 3.05) is 0 Å². The molecule has 0 atom stereocenters. The molecule has 0 amide bonds. The first kappa shape index (κ1) is 26.9. The van der Waals surface area contributed by atoms with Crippen molar-refractivity contribution in [1.29, 1.82) is 0 Å². The molecule has 204 valence electrons. The molecule has 0 fully saturated rings. The predicted molar refractivity (Wildman–Crippen MR) is 174 cm³/mol. The summed E-state index contributed by atoms with van der Waals surface area (Å²) in [5.41, 5.74) is 5.52. The lowest BCUT2D eigenvalue weighted by Gasteiger charge is -2.34. The fourth-order valence-corrected chi connectivity index (χ4v) is 13.0. The topological polar surface area (TPSA) is 61.3 Å². The number of hydrogen-bond donors (Lipinski definition) is 0. The third-order valence-electron chi connectivity index (χ3n) is 7.18. The molecule has 5 nitrogen and oxygen atoms in total. The van der Waals surface area contributed by atoms with Gasteiger partial charge in [-0.05, 0) is 84.1 Å². The minimum absolute atomic E-state index is 0.605. The van der Waals surface area contributed by atoms with Crippen molar-refractivity contribution in [2.45, 2.75) is 26.2 Å². The van der Waals surface area contributed by atoms with E-state index in [-0.39, 0.29) is 0 Å². The largest absolute Gasteiger partial charge is 0.449 e. The minimum atomic E-state index is -2.15. The maximum Gasteiger partial charge on any atom is 0.220 e. The summed E-state index contributed by atoms with van der Waals surface area (Å²) in [5.74, 6) is 1.21. The number of benzene rings is 4. The molecule has 41 heavy (non-hydrogen) atoms. The van der Waals surface area contributed by atoms with Crippen LogP contribution in [0, 0.1) is 0 Å². The van der Waals surface area contributed by atoms with Gasteiger partial charge in [0, 0.05) is 12.2 Å². The smallest absolute Gasteiger partial charge is 0.220 e. The molecule has 0 aliphatic heterocycles. The third kappa shape index (κ3) is 6.07. The van der Waals surface area contributed by atoms with E-state index in [9.17, 15) is 0 Å². The summed E-state index contributed by atoms with van der Waals surface area (Å²) in [4.78, 5) is 9.04. The second-order valence-electron chi connectivity index (χ2n) is 11.1. The molecular weight excluding hydrogens is 541 g/mol. The molecule has 6 rings (SSSR count). The normalized spacial score (nSPS) is 12.8. The average Bonchev–Trinajstić information content (AvgIpc) is 3.58. The third-order valence-corrected chi connectivity index (χ3v) is 14.7. The van der Waals surface area contributed by atoms with Crippen LogP contribution in [0.2, 0.25) is 26.2 Å². The zero-order chi connectivity index (χ0) is 28.5. The Balaban J connectivity index is 1.11. The molecule has 7 heteroatoms. The van der Waals surface area contributed by atoms with Crippen LogP contribution in [-0.4, -0.2) is 26.6 Å². The summed E-state index contributed by atoms with van der Waals surface area (Å²) in [6, 6.07) is 32.9. The van der Waals surface area contributed by atoms with Crippen LogP contribution in [0.5, 0.6) is 0 Å². The summed E-state index contributed by atoms with van der Waals surface area (Å²) < 4.78 is 18.6. The second kappa shape index (κ2) is 10.9. The van der Waals surface area contributed by atoms with Crippen LogP contribution >= 0.6 is 0 Å². The minimum Gasteiger partial charge on any atom is -0.449 e. The molecule has 4 aromatic carbocycles. The summed E-state index contributed by atoms with van der Waals surface area (Å²) in [6.07, 6.45) is 7.89. The summed E-state index contributed by atoms with van der Waals surface area (Å²) >= 11 is 0. The van der Waals surface area contributed by atoms with E-state index >= 15 is 0 Å². The Bertz CT molecular complexity index is 1660. The van der Waals surface area contributed by atoms with E-state index in [0.717, 1.165) is 33.3 Å². The molecular formula is C34H32N2O3Si2. The van der Waals surface area contributed by atoms with E-state index in [1.807, 2.05) is 72.8 Å². The molecule has 0 aliphatic carbocycles. The highest BCUT2D eigenvalue weighted by Crippen LogP contribution is 2.20. The summed E-state index contributed by atoms with van der Waals surface area (Å²) in [5, 5.41) is 2.55. The first-order chi connectivity index (χ1) is 19.7. The second-order valence-corrected chi connectivity index (χ2v) is 19.1. The molecule has 0 radical (unpaired) electrons. The Labute approximate surface area is 242 Å². The van der Waals surface area contributed by atoms with E-state index in [2.05, 4.69) is 84.7 Å². The highest BCUT2D eigenvalue weighted by molar-refractivity contribution is 6.96. The van der Waals surface area contributed by atoms with Crippen molar-refractivity contribution in [3.63, 3.8) is 0 Å². The maximum absolute atomic E-state index is 6.99. The maximum atomic E-state index is 6.99. The van der Waals surface area contributed by atoms with Gasteiger partial charge in [0.15, 0.2) is 11.2 Å². The van der Waals surface area contributed by atoms with Crippen LogP contribution in [0.15, 0.2) is 106 Å². The van der Waals surface area contributed by atoms with Gasteiger partial charge in [-0.1, -0.05) is 72.8 Å². The van der Waals surface area contributed by atoms with Gasteiger partial charge in [0.1, 0.15) is 11.0 Å². The van der Waals surface area contributed by atoms with Gasteiger partial charge >= 0.3 is 0 Å². The monoisotopic (exact) mass is 572 g/mol. The van der Waals surface area contributed by atoms with Crippen molar-refractivity contribution >= 4 is 73.5 Å². The fourth-order valence-electron chi connectivity index (χ4n) is 5.00. The standard InChI is InChI=1S/C34H32N2O3Si2/c1-40(2,27-19-13-25(14-20-27)17-23-33-35-29-9-5-7-11-31(29)37-33)39-41(3,4)28-21-15-26(16-22-28)18-24-34-36-30-10-6-8-12-32(30)38-34/h5-24H,1-4H3. The molecule has 2 heterocycles. The van der Waals surface area contributed by atoms with Crippen LogP contribution in [0.3, 0.4) is 0 Å². The Morgan fingerprint density at radius 2 is 0.902 bits per heavy atom. The van der Waals surface area contributed by atoms with Gasteiger partial charge in [-0.25, -0.2) is 9.97 Å². The Kier molecular flexibility index (Phi) is 7.17. The zero-order valence-corrected chi connectivity index (χ0v) is 25.7. The highest BCUT2D eigenvalue weighted by atomic mass is 28.4. The van der Waals surface area contributed by atoms with Gasteiger partial charge in [0.05, 0.1) is 0 Å². The van der Waals surface area contributed by atoms with Crippen molar-refractivity contribution < 1.29 is 12.9 Å². The van der Waals surface area contributed by atoms with Gasteiger partial charge < -0.3 is 12.9 Å². The first-order valence-corrected chi connectivity index (χ1v) is 19.6. The van der Waals surface area contributed by atoms with E-state index in [1.165, 1.54) is 10.4 Å². The first-order valence-electron chi connectivity index (χ1n) is 13.7. The molecule has 0 N–H and O–H groups in total. The lowest BCUT2D eigenvalue weighted by atomic mass is 10.2. The van der Waals surface area contributed by atoms with Gasteiger partial charge in [0.2, 0.25) is 28.4 Å². The lowest BCUT2D eigenvalue weighted by Crippen LogP contribution is -2.57. The molecule has 0 unspecified atom stereocenters. The van der Waals surface area contributed by atoms with Crippen LogP contribution in [-0.2, 0) is 4.12 Å². The zero-order valence-electron chi connectivity index (χ0n) is 23.7. The highest BCUT2D eigenvalue weighted by Gasteiger charge is 2.35. The quantitative estimate of drug-likeness (QED) is 0.174. The van der Waals surface area contributed by atoms with E-state index in [1.54, 1.807) is 0 Å². The molecule has 6 aromatic rings. The van der Waals surface area contributed by atoms with E-state index in [4.69, 9.17) is 12.9 Å². The number of oxazole rings is 2. The number of para-hydroxylation sites is 4. The molecule has 0 saturated heterocycles. The van der Waals surface area contributed by atoms with Crippen LogP contribution in [0.1, 0.15) is 22.9 Å². The Morgan fingerprint density at radius 3 is 1.29 bits per heavy atom. The molecule has 2 aromatic heterocycles. The van der Waals surface area contributed by atoms with Crippen LogP contribution < -0.4 is 10.4 Å². The number of fused-ring (bicyclic) bond motifs is 2. The van der Waals surface area contributed by atoms with Crippen LogP contribution in [0.25, 0.3) is 46.5 Å². The molecule has 0 aliphatic rings. The van der Waals surface area contributed by atoms with Crippen molar-refractivity contribution in [3.05, 3.63) is 120 Å². The molecule has 0 saturated carbocycles. The Hall–Kier alpha value is -4.31. The molecule has 0 spiro atoms. The van der Waals surface area contributed by atoms with Gasteiger partial charge in [0.25, 0.3) is 0 Å². The Morgan fingerprint density at radius 1 is 0.512 bits per heavy atom. The number of rotatable bonds is 8. The van der Waals surface area contributed by atoms with E-state index in [0.29, 0.717) is 11.8 Å². The average molecular weight is 573 g/mol. The van der Waals surface area contributed by atoms with Gasteiger partial charge in [-0.2, -0.15) is 0 Å². The summed E-state index contributed by atoms with van der Waals surface area (Å²) in [7, 11) is -4.29. The van der Waals surface area contributed by atoms with Crippen molar-refractivity contribution in [3.8, 4) is 0 Å². The van der Waals surface area contributed by atoms with Crippen molar-refractivity contribution in [1.82, 2.24) is 9.97 Å². The van der Waals surface area contributed by atoms with Gasteiger partial charge in [-0.15, -0.1) is 0 Å². The number of aromatic nitrogens is 2. The van der Waals surface area contributed by atoms with Gasteiger partial charge in [-0.3, -0.25) is 0 Å². The van der Waals surface area contributed by atoms with Crippen molar-refractivity contribution in [2.24, 2.45) is 0 Å². The lowest BCUT2D eigenvalue weighted by molar-refractivity contribution is 0.573.